The first kappa shape index (κ1) is 11.1. The minimum Gasteiger partial charge on any atom is -0.478 e. The molecule has 1 fully saturated rings. The Morgan fingerprint density at radius 1 is 1.56 bits per heavy atom. The number of anilines is 1. The quantitative estimate of drug-likeness (QED) is 0.848. The molecule has 1 saturated carbocycles. The summed E-state index contributed by atoms with van der Waals surface area (Å²) in [6.07, 6.45) is 2.74. The van der Waals surface area contributed by atoms with E-state index in [1.54, 1.807) is 6.07 Å². The number of carboxylic acid groups (broad SMARTS) is 1. The minimum atomic E-state index is -0.994. The molecule has 1 aromatic heterocycles. The van der Waals surface area contributed by atoms with Crippen LogP contribution in [0, 0.1) is 12.8 Å². The van der Waals surface area contributed by atoms with Crippen molar-refractivity contribution >= 4 is 28.2 Å². The SMILES string of the molecule is Cc1cc(C(=O)O)c(NC(=O)CC2CC2)s1. The first-order valence-corrected chi connectivity index (χ1v) is 6.01. The molecule has 4 nitrogen and oxygen atoms in total. The molecule has 2 N–H and O–H groups in total. The molecule has 5 heteroatoms. The van der Waals surface area contributed by atoms with E-state index < -0.39 is 5.97 Å². The Morgan fingerprint density at radius 3 is 2.81 bits per heavy atom. The average molecular weight is 239 g/mol. The van der Waals surface area contributed by atoms with E-state index in [0.717, 1.165) is 17.7 Å². The van der Waals surface area contributed by atoms with Crippen LogP contribution in [0.3, 0.4) is 0 Å². The second-order valence-electron chi connectivity index (χ2n) is 4.10. The summed E-state index contributed by atoms with van der Waals surface area (Å²) in [6.45, 7) is 1.83. The average Bonchev–Trinajstić information content (AvgIpc) is 2.89. The molecule has 0 bridgehead atoms. The Hall–Kier alpha value is -1.36. The molecule has 0 aliphatic heterocycles. The second kappa shape index (κ2) is 4.25. The number of carbonyl (C=O) groups excluding carboxylic acids is 1. The second-order valence-corrected chi connectivity index (χ2v) is 5.36. The minimum absolute atomic E-state index is 0.0770. The van der Waals surface area contributed by atoms with Crippen LogP contribution in [0.1, 0.15) is 34.5 Å². The molecule has 0 saturated heterocycles. The Morgan fingerprint density at radius 2 is 2.25 bits per heavy atom. The molecule has 1 heterocycles. The molecule has 86 valence electrons. The molecule has 0 radical (unpaired) electrons. The summed E-state index contributed by atoms with van der Waals surface area (Å²) in [5.41, 5.74) is 0.187. The van der Waals surface area contributed by atoms with Gasteiger partial charge in [0.25, 0.3) is 0 Å². The van der Waals surface area contributed by atoms with Crippen molar-refractivity contribution in [3.8, 4) is 0 Å². The number of hydrogen-bond donors (Lipinski definition) is 2. The van der Waals surface area contributed by atoms with Gasteiger partial charge in [-0.3, -0.25) is 4.79 Å². The standard InChI is InChI=1S/C11H13NO3S/c1-6-4-8(11(14)15)10(16-6)12-9(13)5-7-2-3-7/h4,7H,2-3,5H2,1H3,(H,12,13)(H,14,15). The zero-order valence-corrected chi connectivity index (χ0v) is 9.76. The van der Waals surface area contributed by atoms with Gasteiger partial charge in [0.15, 0.2) is 0 Å². The van der Waals surface area contributed by atoms with Crippen molar-refractivity contribution in [1.82, 2.24) is 0 Å². The van der Waals surface area contributed by atoms with E-state index in [9.17, 15) is 9.59 Å². The van der Waals surface area contributed by atoms with E-state index in [4.69, 9.17) is 5.11 Å². The zero-order chi connectivity index (χ0) is 11.7. The number of nitrogens with one attached hydrogen (secondary N) is 1. The number of rotatable bonds is 4. The molecule has 0 spiro atoms. The van der Waals surface area contributed by atoms with Crippen LogP contribution in [-0.4, -0.2) is 17.0 Å². The fourth-order valence-electron chi connectivity index (χ4n) is 1.53. The van der Waals surface area contributed by atoms with Crippen LogP contribution in [-0.2, 0) is 4.79 Å². The number of carboxylic acids is 1. The van der Waals surface area contributed by atoms with E-state index in [-0.39, 0.29) is 11.5 Å². The van der Waals surface area contributed by atoms with Gasteiger partial charge in [0.05, 0.1) is 5.56 Å². The number of amides is 1. The molecule has 1 aliphatic carbocycles. The van der Waals surface area contributed by atoms with Crippen molar-refractivity contribution in [3.05, 3.63) is 16.5 Å². The third-order valence-electron chi connectivity index (χ3n) is 2.51. The smallest absolute Gasteiger partial charge is 0.338 e. The molecule has 1 aliphatic rings. The van der Waals surface area contributed by atoms with Gasteiger partial charge in [-0.2, -0.15) is 0 Å². The third-order valence-corrected chi connectivity index (χ3v) is 3.48. The molecule has 16 heavy (non-hydrogen) atoms. The predicted octanol–water partition coefficient (Wildman–Crippen LogP) is 2.49. The number of carbonyl (C=O) groups is 2. The molecular weight excluding hydrogens is 226 g/mol. The molecule has 2 rings (SSSR count). The van der Waals surface area contributed by atoms with Crippen LogP contribution in [0.4, 0.5) is 5.00 Å². The van der Waals surface area contributed by atoms with Crippen LogP contribution in [0.15, 0.2) is 6.07 Å². The lowest BCUT2D eigenvalue weighted by atomic mass is 10.2. The summed E-state index contributed by atoms with van der Waals surface area (Å²) in [6, 6.07) is 1.58. The largest absolute Gasteiger partial charge is 0.478 e. The topological polar surface area (TPSA) is 66.4 Å². The van der Waals surface area contributed by atoms with Crippen LogP contribution in [0.25, 0.3) is 0 Å². The molecule has 0 atom stereocenters. The highest BCUT2D eigenvalue weighted by atomic mass is 32.1. The Bertz CT molecular complexity index is 434. The maximum Gasteiger partial charge on any atom is 0.338 e. The van der Waals surface area contributed by atoms with E-state index in [1.807, 2.05) is 6.92 Å². The van der Waals surface area contributed by atoms with Gasteiger partial charge >= 0.3 is 5.97 Å². The van der Waals surface area contributed by atoms with Gasteiger partial charge in [-0.25, -0.2) is 4.79 Å². The maximum atomic E-state index is 11.5. The Labute approximate surface area is 97.3 Å². The highest BCUT2D eigenvalue weighted by Crippen LogP contribution is 2.33. The van der Waals surface area contributed by atoms with Crippen molar-refractivity contribution in [1.29, 1.82) is 0 Å². The monoisotopic (exact) mass is 239 g/mol. The lowest BCUT2D eigenvalue weighted by molar-refractivity contribution is -0.116. The highest BCUT2D eigenvalue weighted by Gasteiger charge is 2.25. The third kappa shape index (κ3) is 2.61. The molecule has 0 aromatic carbocycles. The maximum absolute atomic E-state index is 11.5. The molecular formula is C11H13NO3S. The fourth-order valence-corrected chi connectivity index (χ4v) is 2.45. The highest BCUT2D eigenvalue weighted by molar-refractivity contribution is 7.16. The van der Waals surface area contributed by atoms with E-state index >= 15 is 0 Å². The van der Waals surface area contributed by atoms with Gasteiger partial charge in [-0.1, -0.05) is 0 Å². The first-order valence-electron chi connectivity index (χ1n) is 5.20. The van der Waals surface area contributed by atoms with Crippen molar-refractivity contribution in [2.24, 2.45) is 5.92 Å². The van der Waals surface area contributed by atoms with Crippen LogP contribution < -0.4 is 5.32 Å². The normalized spacial score (nSPS) is 14.8. The van der Waals surface area contributed by atoms with Crippen molar-refractivity contribution in [3.63, 3.8) is 0 Å². The lowest BCUT2D eigenvalue weighted by Crippen LogP contribution is -2.13. The zero-order valence-electron chi connectivity index (χ0n) is 8.95. The van der Waals surface area contributed by atoms with Crippen LogP contribution in [0.5, 0.6) is 0 Å². The van der Waals surface area contributed by atoms with Crippen molar-refractivity contribution < 1.29 is 14.7 Å². The molecule has 0 unspecified atom stereocenters. The van der Waals surface area contributed by atoms with Crippen molar-refractivity contribution in [2.75, 3.05) is 5.32 Å². The summed E-state index contributed by atoms with van der Waals surface area (Å²) in [4.78, 5) is 23.3. The van der Waals surface area contributed by atoms with E-state index in [0.29, 0.717) is 17.3 Å². The number of aryl methyl sites for hydroxylation is 1. The Balaban J connectivity index is 2.06. The summed E-state index contributed by atoms with van der Waals surface area (Å²) in [7, 11) is 0. The number of thiophene rings is 1. The van der Waals surface area contributed by atoms with E-state index in [1.165, 1.54) is 11.3 Å². The van der Waals surface area contributed by atoms with Gasteiger partial charge in [-0.05, 0) is 31.7 Å². The van der Waals surface area contributed by atoms with Crippen molar-refractivity contribution in [2.45, 2.75) is 26.2 Å². The lowest BCUT2D eigenvalue weighted by Gasteiger charge is -2.02. The number of aromatic carboxylic acids is 1. The summed E-state index contributed by atoms with van der Waals surface area (Å²) < 4.78 is 0. The summed E-state index contributed by atoms with van der Waals surface area (Å²) in [5, 5.41) is 12.1. The van der Waals surface area contributed by atoms with Gasteiger partial charge < -0.3 is 10.4 Å². The van der Waals surface area contributed by atoms with E-state index in [2.05, 4.69) is 5.32 Å². The molecule has 1 aromatic rings. The molecule has 1 amide bonds. The van der Waals surface area contributed by atoms with Crippen LogP contribution >= 0.6 is 11.3 Å². The van der Waals surface area contributed by atoms with Gasteiger partial charge in [-0.15, -0.1) is 11.3 Å². The Kier molecular flexibility index (Phi) is 2.96. The van der Waals surface area contributed by atoms with Gasteiger partial charge in [0.1, 0.15) is 5.00 Å². The summed E-state index contributed by atoms with van der Waals surface area (Å²) >= 11 is 1.31. The van der Waals surface area contributed by atoms with Gasteiger partial charge in [0, 0.05) is 11.3 Å². The summed E-state index contributed by atoms with van der Waals surface area (Å²) in [5.74, 6) is -0.563. The number of hydrogen-bond acceptors (Lipinski definition) is 3. The van der Waals surface area contributed by atoms with Gasteiger partial charge in [0.2, 0.25) is 5.91 Å². The predicted molar refractivity (Wildman–Crippen MR) is 62.0 cm³/mol. The first-order chi connectivity index (χ1) is 7.56. The fraction of sp³-hybridized carbons (Fsp3) is 0.455. The van der Waals surface area contributed by atoms with Crippen LogP contribution in [0.2, 0.25) is 0 Å².